The van der Waals surface area contributed by atoms with Crippen molar-refractivity contribution in [2.45, 2.75) is 51.2 Å². The Balaban J connectivity index is 1.25. The summed E-state index contributed by atoms with van der Waals surface area (Å²) < 4.78 is 0. The average Bonchev–Trinajstić information content (AvgIpc) is 3.43. The lowest BCUT2D eigenvalue weighted by atomic mass is 9.77. The number of carbonyl (C=O) groups is 2. The van der Waals surface area contributed by atoms with Crippen molar-refractivity contribution in [3.05, 3.63) is 89.1 Å². The van der Waals surface area contributed by atoms with E-state index in [1.807, 2.05) is 35.2 Å². The molecule has 4 heterocycles. The van der Waals surface area contributed by atoms with Crippen LogP contribution in [-0.2, 0) is 17.9 Å². The topological polar surface area (TPSA) is 89.0 Å². The minimum Gasteiger partial charge on any atom is -0.465 e. The molecule has 3 aliphatic heterocycles. The molecule has 3 aromatic rings. The first-order chi connectivity index (χ1) is 19.5. The predicted molar refractivity (Wildman–Crippen MR) is 155 cm³/mol. The summed E-state index contributed by atoms with van der Waals surface area (Å²) in [6.07, 6.45) is 1.75. The van der Waals surface area contributed by atoms with Crippen LogP contribution in [0, 0.1) is 12.8 Å². The highest BCUT2D eigenvalue weighted by atomic mass is 16.4. The maximum atomic E-state index is 14.3. The van der Waals surface area contributed by atoms with E-state index in [0.717, 1.165) is 67.2 Å². The van der Waals surface area contributed by atoms with Gasteiger partial charge in [-0.1, -0.05) is 54.6 Å². The van der Waals surface area contributed by atoms with Crippen LogP contribution in [0.2, 0.25) is 0 Å². The largest absolute Gasteiger partial charge is 0.465 e. The second kappa shape index (κ2) is 11.3. The molecule has 1 unspecified atom stereocenters. The van der Waals surface area contributed by atoms with Crippen molar-refractivity contribution >= 4 is 23.5 Å². The molecule has 2 atom stereocenters. The highest BCUT2D eigenvalue weighted by Crippen LogP contribution is 2.41. The van der Waals surface area contributed by atoms with E-state index in [9.17, 15) is 14.7 Å². The predicted octanol–water partition coefficient (Wildman–Crippen LogP) is 5.10. The standard InChI is InChI=1S/C32H37N5O3/c1-22-7-5-6-10-27(22)37-20-25-11-12-28(33-26-15-18-36(21-26)32(39)40)34-30(25)29(31(37)38)24-13-16-35(17-14-24)19-23-8-3-2-4-9-23/h2-12,24,26,29H,13-21H2,1H3,(H,33,34)(H,39,40)/t26-,29?/m0/s1. The molecule has 2 saturated heterocycles. The summed E-state index contributed by atoms with van der Waals surface area (Å²) >= 11 is 0. The van der Waals surface area contributed by atoms with Crippen LogP contribution in [0.15, 0.2) is 66.7 Å². The van der Waals surface area contributed by atoms with Gasteiger partial charge in [-0.15, -0.1) is 0 Å². The zero-order valence-electron chi connectivity index (χ0n) is 23.0. The number of nitrogens with one attached hydrogen (secondary N) is 1. The third-order valence-corrected chi connectivity index (χ3v) is 8.74. The molecule has 8 nitrogen and oxygen atoms in total. The minimum atomic E-state index is -0.886. The van der Waals surface area contributed by atoms with E-state index >= 15 is 0 Å². The molecular formula is C32H37N5O3. The van der Waals surface area contributed by atoms with Crippen molar-refractivity contribution in [3.8, 4) is 0 Å². The van der Waals surface area contributed by atoms with Crippen molar-refractivity contribution in [2.24, 2.45) is 5.92 Å². The van der Waals surface area contributed by atoms with Crippen molar-refractivity contribution < 1.29 is 14.7 Å². The molecule has 0 saturated carbocycles. The number of pyridine rings is 1. The number of rotatable bonds is 6. The van der Waals surface area contributed by atoms with Crippen molar-refractivity contribution in [2.75, 3.05) is 36.4 Å². The van der Waals surface area contributed by atoms with E-state index in [1.165, 1.54) is 10.5 Å². The fourth-order valence-electron chi connectivity index (χ4n) is 6.56. The Kier molecular flexibility index (Phi) is 7.43. The van der Waals surface area contributed by atoms with Crippen molar-refractivity contribution in [3.63, 3.8) is 0 Å². The van der Waals surface area contributed by atoms with Crippen molar-refractivity contribution in [1.29, 1.82) is 0 Å². The van der Waals surface area contributed by atoms with Crippen LogP contribution in [-0.4, -0.2) is 64.1 Å². The highest BCUT2D eigenvalue weighted by molar-refractivity contribution is 6.00. The Labute approximate surface area is 235 Å². The van der Waals surface area contributed by atoms with E-state index < -0.39 is 6.09 Å². The number of benzene rings is 2. The maximum Gasteiger partial charge on any atom is 0.407 e. The van der Waals surface area contributed by atoms with Gasteiger partial charge in [-0.3, -0.25) is 9.69 Å². The summed E-state index contributed by atoms with van der Waals surface area (Å²) in [7, 11) is 0. The average molecular weight is 540 g/mol. The lowest BCUT2D eigenvalue weighted by molar-refractivity contribution is -0.122. The van der Waals surface area contributed by atoms with E-state index in [4.69, 9.17) is 4.98 Å². The van der Waals surface area contributed by atoms with Gasteiger partial charge in [0.05, 0.1) is 18.2 Å². The Morgan fingerprint density at radius 3 is 2.45 bits per heavy atom. The zero-order chi connectivity index (χ0) is 27.6. The molecule has 0 aliphatic carbocycles. The molecule has 0 radical (unpaired) electrons. The van der Waals surface area contributed by atoms with Crippen LogP contribution in [0.3, 0.4) is 0 Å². The first-order valence-corrected chi connectivity index (χ1v) is 14.3. The fourth-order valence-corrected chi connectivity index (χ4v) is 6.56. The number of hydrogen-bond donors (Lipinski definition) is 2. The van der Waals surface area contributed by atoms with Gasteiger partial charge in [0, 0.05) is 31.4 Å². The van der Waals surface area contributed by atoms with Crippen molar-refractivity contribution in [1.82, 2.24) is 14.8 Å². The molecule has 6 rings (SSSR count). The molecular weight excluding hydrogens is 502 g/mol. The fraction of sp³-hybridized carbons (Fsp3) is 0.406. The number of carbonyl (C=O) groups excluding carboxylic acids is 1. The number of piperidine rings is 1. The summed E-state index contributed by atoms with van der Waals surface area (Å²) in [4.78, 5) is 36.6. The number of anilines is 2. The smallest absolute Gasteiger partial charge is 0.407 e. The molecule has 8 heteroatoms. The van der Waals surface area contributed by atoms with Crippen LogP contribution < -0.4 is 10.2 Å². The SMILES string of the molecule is Cc1ccccc1N1Cc2ccc(N[C@H]3CCN(C(=O)O)C3)nc2C(C2CCN(Cc3ccccc3)CC2)C1=O. The number of hydrogen-bond acceptors (Lipinski definition) is 5. The van der Waals surface area contributed by atoms with E-state index in [0.29, 0.717) is 19.6 Å². The van der Waals surface area contributed by atoms with Crippen LogP contribution in [0.1, 0.15) is 47.6 Å². The summed E-state index contributed by atoms with van der Waals surface area (Å²) in [6, 6.07) is 22.8. The number of para-hydroxylation sites is 1. The van der Waals surface area contributed by atoms with Gasteiger partial charge in [0.1, 0.15) is 5.82 Å². The Hall–Kier alpha value is -3.91. The maximum absolute atomic E-state index is 14.3. The van der Waals surface area contributed by atoms with E-state index in [2.05, 4.69) is 53.5 Å². The molecule has 0 spiro atoms. The van der Waals surface area contributed by atoms with Crippen LogP contribution in [0.25, 0.3) is 0 Å². The Morgan fingerprint density at radius 1 is 0.975 bits per heavy atom. The van der Waals surface area contributed by atoms with Gasteiger partial charge < -0.3 is 20.2 Å². The molecule has 2 aromatic carbocycles. The van der Waals surface area contributed by atoms with Gasteiger partial charge >= 0.3 is 6.09 Å². The highest BCUT2D eigenvalue weighted by Gasteiger charge is 2.41. The lowest BCUT2D eigenvalue weighted by Gasteiger charge is -2.41. The molecule has 3 aliphatic rings. The lowest BCUT2D eigenvalue weighted by Crippen LogP contribution is -2.45. The Bertz CT molecular complexity index is 1370. The first kappa shape index (κ1) is 26.3. The number of aryl methyl sites for hydroxylation is 1. The van der Waals surface area contributed by atoms with Gasteiger partial charge in [0.15, 0.2) is 0 Å². The third-order valence-electron chi connectivity index (χ3n) is 8.74. The molecule has 2 fully saturated rings. The minimum absolute atomic E-state index is 0.0177. The van der Waals surface area contributed by atoms with Crippen LogP contribution in [0.5, 0.6) is 0 Å². The number of aromatic nitrogens is 1. The summed E-state index contributed by atoms with van der Waals surface area (Å²) in [6.45, 7) is 6.36. The van der Waals surface area contributed by atoms with E-state index in [1.54, 1.807) is 0 Å². The monoisotopic (exact) mass is 539 g/mol. The molecule has 2 amide bonds. The van der Waals surface area contributed by atoms with Gasteiger partial charge in [-0.2, -0.15) is 0 Å². The second-order valence-corrected chi connectivity index (χ2v) is 11.4. The van der Waals surface area contributed by atoms with Gasteiger partial charge in [-0.25, -0.2) is 9.78 Å². The zero-order valence-corrected chi connectivity index (χ0v) is 23.0. The number of amides is 2. The third kappa shape index (κ3) is 5.41. The van der Waals surface area contributed by atoms with Crippen LogP contribution in [0.4, 0.5) is 16.3 Å². The first-order valence-electron chi connectivity index (χ1n) is 14.3. The molecule has 1 aromatic heterocycles. The second-order valence-electron chi connectivity index (χ2n) is 11.4. The van der Waals surface area contributed by atoms with Gasteiger partial charge in [0.25, 0.3) is 0 Å². The number of nitrogens with zero attached hydrogens (tertiary/aromatic N) is 4. The summed E-state index contributed by atoms with van der Waals surface area (Å²) in [5.74, 6) is 0.760. The van der Waals surface area contributed by atoms with Gasteiger partial charge in [0.2, 0.25) is 5.91 Å². The number of carboxylic acid groups (broad SMARTS) is 1. The molecule has 208 valence electrons. The van der Waals surface area contributed by atoms with E-state index in [-0.39, 0.29) is 23.8 Å². The molecule has 0 bridgehead atoms. The Morgan fingerprint density at radius 2 is 1.73 bits per heavy atom. The molecule has 2 N–H and O–H groups in total. The van der Waals surface area contributed by atoms with Gasteiger partial charge in [-0.05, 0) is 74.0 Å². The number of likely N-dealkylation sites (tertiary alicyclic amines) is 2. The normalized spacial score (nSPS) is 21.9. The summed E-state index contributed by atoms with van der Waals surface area (Å²) in [5.41, 5.74) is 5.34. The molecule has 40 heavy (non-hydrogen) atoms. The van der Waals surface area contributed by atoms with Crippen LogP contribution >= 0.6 is 0 Å². The quantitative estimate of drug-likeness (QED) is 0.453. The number of fused-ring (bicyclic) bond motifs is 1. The summed E-state index contributed by atoms with van der Waals surface area (Å²) in [5, 5.41) is 12.8.